The Morgan fingerprint density at radius 2 is 1.62 bits per heavy atom. The Kier molecular flexibility index (Phi) is 4.95. The van der Waals surface area contributed by atoms with E-state index in [1.165, 1.54) is 6.92 Å². The topological polar surface area (TPSA) is 58.2 Å². The summed E-state index contributed by atoms with van der Waals surface area (Å²) >= 11 is 5.78. The maximum absolute atomic E-state index is 11.9. The average Bonchev–Trinajstić information content (AvgIpc) is 2.46. The molecule has 0 saturated heterocycles. The first-order valence-corrected chi connectivity index (χ1v) is 6.83. The highest BCUT2D eigenvalue weighted by Crippen LogP contribution is 2.11. The van der Waals surface area contributed by atoms with Crippen molar-refractivity contribution in [1.82, 2.24) is 5.32 Å². The Hall–Kier alpha value is -2.33. The van der Waals surface area contributed by atoms with Gasteiger partial charge in [-0.2, -0.15) is 0 Å². The fourth-order valence-corrected chi connectivity index (χ4v) is 1.92. The Morgan fingerprint density at radius 1 is 1.00 bits per heavy atom. The number of hydrogen-bond acceptors (Lipinski definition) is 2. The molecule has 0 aliphatic heterocycles. The highest BCUT2D eigenvalue weighted by atomic mass is 35.5. The number of hydrogen-bond donors (Lipinski definition) is 2. The minimum Gasteiger partial charge on any atom is -0.348 e. The fraction of sp³-hybridized carbons (Fsp3) is 0.125. The van der Waals surface area contributed by atoms with Gasteiger partial charge in [-0.25, -0.2) is 0 Å². The number of amides is 2. The third-order valence-corrected chi connectivity index (χ3v) is 3.09. The summed E-state index contributed by atoms with van der Waals surface area (Å²) in [6, 6.07) is 14.0. The predicted octanol–water partition coefficient (Wildman–Crippen LogP) is 3.23. The van der Waals surface area contributed by atoms with E-state index in [1.54, 1.807) is 36.4 Å². The van der Waals surface area contributed by atoms with Gasteiger partial charge in [-0.05, 0) is 42.0 Å². The van der Waals surface area contributed by atoms with Crippen LogP contribution in [-0.4, -0.2) is 11.8 Å². The minimum absolute atomic E-state index is 0.112. The van der Waals surface area contributed by atoms with Gasteiger partial charge in [0.25, 0.3) is 5.91 Å². The van der Waals surface area contributed by atoms with Gasteiger partial charge in [0.05, 0.1) is 0 Å². The Labute approximate surface area is 128 Å². The minimum atomic E-state index is -0.155. The number of nitrogens with one attached hydrogen (secondary N) is 2. The predicted molar refractivity (Wildman–Crippen MR) is 83.4 cm³/mol. The van der Waals surface area contributed by atoms with Crippen LogP contribution in [0.15, 0.2) is 48.5 Å². The molecule has 0 aliphatic carbocycles. The standard InChI is InChI=1S/C16H15ClN2O2/c1-11(20)19-15-8-2-12(3-9-15)10-18-16(21)13-4-6-14(17)7-5-13/h2-9H,10H2,1H3,(H,18,21)(H,19,20). The molecular weight excluding hydrogens is 288 g/mol. The summed E-state index contributed by atoms with van der Waals surface area (Å²) in [6.07, 6.45) is 0. The Balaban J connectivity index is 1.92. The number of anilines is 1. The first-order valence-electron chi connectivity index (χ1n) is 6.45. The van der Waals surface area contributed by atoms with Crippen molar-refractivity contribution in [2.45, 2.75) is 13.5 Å². The third-order valence-electron chi connectivity index (χ3n) is 2.83. The zero-order valence-electron chi connectivity index (χ0n) is 11.5. The molecule has 0 aromatic heterocycles. The van der Waals surface area contributed by atoms with E-state index < -0.39 is 0 Å². The van der Waals surface area contributed by atoms with Crippen LogP contribution in [0.1, 0.15) is 22.8 Å². The molecule has 2 amide bonds. The quantitative estimate of drug-likeness (QED) is 0.911. The van der Waals surface area contributed by atoms with Crippen LogP contribution in [0.25, 0.3) is 0 Å². The number of carbonyl (C=O) groups is 2. The molecule has 0 radical (unpaired) electrons. The van der Waals surface area contributed by atoms with Crippen LogP contribution in [0.2, 0.25) is 5.02 Å². The van der Waals surface area contributed by atoms with Crippen molar-refractivity contribution < 1.29 is 9.59 Å². The van der Waals surface area contributed by atoms with Gasteiger partial charge in [0.15, 0.2) is 0 Å². The van der Waals surface area contributed by atoms with Crippen molar-refractivity contribution in [2.75, 3.05) is 5.32 Å². The molecule has 0 saturated carbocycles. The lowest BCUT2D eigenvalue weighted by Crippen LogP contribution is -2.22. The van der Waals surface area contributed by atoms with Gasteiger partial charge in [0.2, 0.25) is 5.91 Å². The van der Waals surface area contributed by atoms with E-state index in [2.05, 4.69) is 10.6 Å². The SMILES string of the molecule is CC(=O)Nc1ccc(CNC(=O)c2ccc(Cl)cc2)cc1. The smallest absolute Gasteiger partial charge is 0.251 e. The van der Waals surface area contributed by atoms with Gasteiger partial charge in [0.1, 0.15) is 0 Å². The molecule has 2 N–H and O–H groups in total. The summed E-state index contributed by atoms with van der Waals surface area (Å²) in [7, 11) is 0. The molecule has 2 aromatic carbocycles. The normalized spacial score (nSPS) is 10.0. The van der Waals surface area contributed by atoms with Crippen molar-refractivity contribution in [3.8, 4) is 0 Å². The van der Waals surface area contributed by atoms with Crippen molar-refractivity contribution in [1.29, 1.82) is 0 Å². The van der Waals surface area contributed by atoms with Crippen LogP contribution in [-0.2, 0) is 11.3 Å². The van der Waals surface area contributed by atoms with Gasteiger partial charge in [-0.15, -0.1) is 0 Å². The van der Waals surface area contributed by atoms with Crippen LogP contribution in [0.4, 0.5) is 5.69 Å². The Bertz CT molecular complexity index is 636. The van der Waals surface area contributed by atoms with Crippen LogP contribution in [0, 0.1) is 0 Å². The number of benzene rings is 2. The van der Waals surface area contributed by atoms with E-state index >= 15 is 0 Å². The van der Waals surface area contributed by atoms with Crippen molar-refractivity contribution >= 4 is 29.1 Å². The lowest BCUT2D eigenvalue weighted by atomic mass is 10.2. The monoisotopic (exact) mass is 302 g/mol. The molecule has 108 valence electrons. The molecular formula is C16H15ClN2O2. The number of rotatable bonds is 4. The van der Waals surface area contributed by atoms with Crippen LogP contribution >= 0.6 is 11.6 Å². The van der Waals surface area contributed by atoms with Gasteiger partial charge in [-0.1, -0.05) is 23.7 Å². The summed E-state index contributed by atoms with van der Waals surface area (Å²) in [5.74, 6) is -0.267. The van der Waals surface area contributed by atoms with E-state index in [0.29, 0.717) is 17.1 Å². The highest BCUT2D eigenvalue weighted by molar-refractivity contribution is 6.30. The van der Waals surface area contributed by atoms with Crippen molar-refractivity contribution in [3.63, 3.8) is 0 Å². The summed E-state index contributed by atoms with van der Waals surface area (Å²) in [4.78, 5) is 22.8. The summed E-state index contributed by atoms with van der Waals surface area (Å²) < 4.78 is 0. The van der Waals surface area contributed by atoms with E-state index in [4.69, 9.17) is 11.6 Å². The summed E-state index contributed by atoms with van der Waals surface area (Å²) in [5.41, 5.74) is 2.25. The number of carbonyl (C=O) groups excluding carboxylic acids is 2. The zero-order chi connectivity index (χ0) is 15.2. The van der Waals surface area contributed by atoms with Crippen LogP contribution in [0.3, 0.4) is 0 Å². The van der Waals surface area contributed by atoms with Crippen LogP contribution < -0.4 is 10.6 Å². The maximum Gasteiger partial charge on any atom is 0.251 e. The highest BCUT2D eigenvalue weighted by Gasteiger charge is 2.05. The molecule has 5 heteroatoms. The van der Waals surface area contributed by atoms with Gasteiger partial charge < -0.3 is 10.6 Å². The van der Waals surface area contributed by atoms with E-state index in [-0.39, 0.29) is 11.8 Å². The first-order chi connectivity index (χ1) is 10.0. The van der Waals surface area contributed by atoms with Gasteiger partial charge in [0, 0.05) is 29.7 Å². The first kappa shape index (κ1) is 15.1. The molecule has 0 spiro atoms. The van der Waals surface area contributed by atoms with Gasteiger partial charge >= 0.3 is 0 Å². The molecule has 0 bridgehead atoms. The molecule has 0 fully saturated rings. The summed E-state index contributed by atoms with van der Waals surface area (Å²) in [5, 5.41) is 6.11. The second-order valence-corrected chi connectivity index (χ2v) is 5.00. The molecule has 21 heavy (non-hydrogen) atoms. The van der Waals surface area contributed by atoms with Crippen molar-refractivity contribution in [3.05, 3.63) is 64.7 Å². The molecule has 0 heterocycles. The molecule has 0 aliphatic rings. The van der Waals surface area contributed by atoms with E-state index in [0.717, 1.165) is 11.3 Å². The molecule has 2 aromatic rings. The maximum atomic E-state index is 11.9. The number of halogens is 1. The second-order valence-electron chi connectivity index (χ2n) is 4.57. The molecule has 2 rings (SSSR count). The fourth-order valence-electron chi connectivity index (χ4n) is 1.79. The third kappa shape index (κ3) is 4.61. The van der Waals surface area contributed by atoms with E-state index in [1.807, 2.05) is 12.1 Å². The van der Waals surface area contributed by atoms with Crippen LogP contribution in [0.5, 0.6) is 0 Å². The largest absolute Gasteiger partial charge is 0.348 e. The van der Waals surface area contributed by atoms with Gasteiger partial charge in [-0.3, -0.25) is 9.59 Å². The second kappa shape index (κ2) is 6.90. The zero-order valence-corrected chi connectivity index (χ0v) is 12.3. The lowest BCUT2D eigenvalue weighted by Gasteiger charge is -2.07. The lowest BCUT2D eigenvalue weighted by molar-refractivity contribution is -0.114. The molecule has 0 unspecified atom stereocenters. The van der Waals surface area contributed by atoms with E-state index in [9.17, 15) is 9.59 Å². The average molecular weight is 303 g/mol. The Morgan fingerprint density at radius 3 is 2.19 bits per heavy atom. The summed E-state index contributed by atoms with van der Waals surface area (Å²) in [6.45, 7) is 1.88. The van der Waals surface area contributed by atoms with Crippen molar-refractivity contribution in [2.24, 2.45) is 0 Å². The molecule has 4 nitrogen and oxygen atoms in total. The molecule has 0 atom stereocenters.